The van der Waals surface area contributed by atoms with Crippen LogP contribution in [0.3, 0.4) is 0 Å². The van der Waals surface area contributed by atoms with Crippen LogP contribution in [0.4, 0.5) is 13.2 Å². The van der Waals surface area contributed by atoms with Gasteiger partial charge in [0, 0.05) is 17.7 Å². The summed E-state index contributed by atoms with van der Waals surface area (Å²) in [6, 6.07) is 2.85. The van der Waals surface area contributed by atoms with Crippen LogP contribution in [0.2, 0.25) is 0 Å². The number of oxazole rings is 1. The molecule has 0 aliphatic rings. The lowest BCUT2D eigenvalue weighted by atomic mass is 10.2. The summed E-state index contributed by atoms with van der Waals surface area (Å²) >= 11 is 0. The van der Waals surface area contributed by atoms with Gasteiger partial charge in [0.1, 0.15) is 12.0 Å². The maximum absolute atomic E-state index is 12.4. The van der Waals surface area contributed by atoms with Gasteiger partial charge in [0.15, 0.2) is 24.6 Å². The van der Waals surface area contributed by atoms with Gasteiger partial charge >= 0.3 is 6.18 Å². The van der Waals surface area contributed by atoms with E-state index in [0.717, 1.165) is 0 Å². The van der Waals surface area contributed by atoms with Crippen LogP contribution in [0.5, 0.6) is 0 Å². The van der Waals surface area contributed by atoms with Crippen molar-refractivity contribution in [3.05, 3.63) is 36.5 Å². The molecule has 21 heavy (non-hydrogen) atoms. The van der Waals surface area contributed by atoms with Gasteiger partial charge in [-0.15, -0.1) is 0 Å². The predicted molar refractivity (Wildman–Crippen MR) is 63.6 cm³/mol. The quantitative estimate of drug-likeness (QED) is 0.681. The van der Waals surface area contributed by atoms with E-state index < -0.39 is 27.7 Å². The summed E-state index contributed by atoms with van der Waals surface area (Å²) in [6.45, 7) is 0.0124. The molecule has 0 saturated carbocycles. The molecule has 2 aromatic heterocycles. The van der Waals surface area contributed by atoms with Crippen LogP contribution in [-0.2, 0) is 22.8 Å². The zero-order chi connectivity index (χ0) is 15.7. The molecule has 0 unspecified atom stereocenters. The average molecular weight is 323 g/mol. The molecule has 0 aromatic carbocycles. The first-order valence-electron chi connectivity index (χ1n) is 5.62. The van der Waals surface area contributed by atoms with Crippen LogP contribution in [0.15, 0.2) is 35.2 Å². The van der Waals surface area contributed by atoms with Crippen molar-refractivity contribution in [2.24, 2.45) is 0 Å². The van der Waals surface area contributed by atoms with Gasteiger partial charge in [0.2, 0.25) is 5.89 Å². The molecule has 2 heterocycles. The number of rotatable bonds is 4. The number of halogens is 3. The Morgan fingerprint density at radius 2 is 1.90 bits per heavy atom. The maximum Gasteiger partial charge on any atom is 0.436 e. The summed E-state index contributed by atoms with van der Waals surface area (Å²) in [4.78, 5) is 3.33. The lowest BCUT2D eigenvalue weighted by molar-refractivity contribution is -0.692. The van der Waals surface area contributed by atoms with Crippen molar-refractivity contribution >= 4 is 10.1 Å². The topological polar surface area (TPSA) is 84.3 Å². The highest BCUT2D eigenvalue weighted by Gasteiger charge is 2.34. The Labute approximate surface area is 117 Å². The van der Waals surface area contributed by atoms with Crippen molar-refractivity contribution in [2.75, 3.05) is 5.75 Å². The van der Waals surface area contributed by atoms with Crippen molar-refractivity contribution in [1.82, 2.24) is 4.98 Å². The van der Waals surface area contributed by atoms with Gasteiger partial charge in [-0.2, -0.15) is 21.6 Å². The monoisotopic (exact) mass is 323 g/mol. The summed E-state index contributed by atoms with van der Waals surface area (Å²) in [5.74, 6) is -0.655. The fourth-order valence-corrected chi connectivity index (χ4v) is 1.95. The molecule has 0 spiro atoms. The van der Waals surface area contributed by atoms with E-state index >= 15 is 0 Å². The molecule has 0 atom stereocenters. The van der Waals surface area contributed by atoms with E-state index in [-0.39, 0.29) is 12.4 Å². The first-order valence-corrected chi connectivity index (χ1v) is 7.23. The Balaban J connectivity index is 2.14. The van der Waals surface area contributed by atoms with E-state index in [1.54, 1.807) is 0 Å². The molecule has 0 aliphatic heterocycles. The Bertz CT molecular complexity index is 723. The third-order valence-corrected chi connectivity index (χ3v) is 3.24. The normalized spacial score (nSPS) is 12.6. The molecule has 0 amide bonds. The SMILES string of the molecule is O=S(=O)(O)CC[n+]1ccc(-c2nc(C(F)(F)F)co2)cc1. The summed E-state index contributed by atoms with van der Waals surface area (Å²) in [5.41, 5.74) is -0.811. The Hall–Kier alpha value is -1.94. The molecule has 0 radical (unpaired) electrons. The zero-order valence-electron chi connectivity index (χ0n) is 10.4. The Kier molecular flexibility index (Phi) is 4.01. The standard InChI is InChI=1S/C11H9F3N2O4S/c12-11(13,14)9-7-20-10(15-9)8-1-3-16(4-2-8)5-6-21(17,18)19/h1-4,7H,5-6H2/p+1. The number of pyridine rings is 1. The number of alkyl halides is 3. The van der Waals surface area contributed by atoms with Gasteiger partial charge in [-0.05, 0) is 0 Å². The second kappa shape index (κ2) is 5.45. The number of aromatic nitrogens is 2. The molecule has 10 heteroatoms. The number of aryl methyl sites for hydroxylation is 1. The van der Waals surface area contributed by atoms with Crippen LogP contribution in [0.1, 0.15) is 5.69 Å². The second-order valence-electron chi connectivity index (χ2n) is 4.15. The number of hydrogen-bond acceptors (Lipinski definition) is 4. The zero-order valence-corrected chi connectivity index (χ0v) is 11.2. The largest absolute Gasteiger partial charge is 0.444 e. The Morgan fingerprint density at radius 1 is 1.29 bits per heavy atom. The number of hydrogen-bond donors (Lipinski definition) is 1. The molecule has 1 N–H and O–H groups in total. The van der Waals surface area contributed by atoms with E-state index in [9.17, 15) is 21.6 Å². The minimum atomic E-state index is -4.58. The highest BCUT2D eigenvalue weighted by molar-refractivity contribution is 7.85. The highest BCUT2D eigenvalue weighted by atomic mass is 32.2. The Morgan fingerprint density at radius 3 is 2.38 bits per heavy atom. The van der Waals surface area contributed by atoms with Gasteiger partial charge in [0.05, 0.1) is 0 Å². The average Bonchev–Trinajstić information content (AvgIpc) is 2.85. The van der Waals surface area contributed by atoms with Crippen molar-refractivity contribution in [1.29, 1.82) is 0 Å². The summed E-state index contributed by atoms with van der Waals surface area (Å²) in [6.07, 6.45) is -1.17. The molecular formula is C11H10F3N2O4S+. The molecule has 114 valence electrons. The molecule has 0 bridgehead atoms. The van der Waals surface area contributed by atoms with Gasteiger partial charge in [-0.1, -0.05) is 0 Å². The van der Waals surface area contributed by atoms with Gasteiger partial charge < -0.3 is 4.42 Å². The minimum absolute atomic E-state index is 0.0124. The fraction of sp³-hybridized carbons (Fsp3) is 0.273. The summed E-state index contributed by atoms with van der Waals surface area (Å²) in [7, 11) is -4.07. The maximum atomic E-state index is 12.4. The van der Waals surface area contributed by atoms with Crippen molar-refractivity contribution in [3.8, 4) is 11.5 Å². The minimum Gasteiger partial charge on any atom is -0.444 e. The predicted octanol–water partition coefficient (Wildman–Crippen LogP) is 1.54. The van der Waals surface area contributed by atoms with E-state index in [2.05, 4.69) is 4.98 Å². The van der Waals surface area contributed by atoms with E-state index in [4.69, 9.17) is 8.97 Å². The van der Waals surface area contributed by atoms with Gasteiger partial charge in [-0.3, -0.25) is 4.55 Å². The fourth-order valence-electron chi connectivity index (χ4n) is 1.51. The highest BCUT2D eigenvalue weighted by Crippen LogP contribution is 2.30. The van der Waals surface area contributed by atoms with Crippen LogP contribution in [0.25, 0.3) is 11.5 Å². The van der Waals surface area contributed by atoms with Crippen molar-refractivity contribution in [3.63, 3.8) is 0 Å². The number of nitrogens with zero attached hydrogens (tertiary/aromatic N) is 2. The second-order valence-corrected chi connectivity index (χ2v) is 5.72. The van der Waals surface area contributed by atoms with Crippen LogP contribution in [-0.4, -0.2) is 23.7 Å². The summed E-state index contributed by atoms with van der Waals surface area (Å²) in [5, 5.41) is 0. The summed E-state index contributed by atoms with van der Waals surface area (Å²) < 4.78 is 73.2. The van der Waals surface area contributed by atoms with E-state index in [0.29, 0.717) is 11.8 Å². The van der Waals surface area contributed by atoms with Crippen LogP contribution in [0, 0.1) is 0 Å². The third-order valence-electron chi connectivity index (χ3n) is 2.54. The first-order chi connectivity index (χ1) is 9.65. The molecule has 0 aliphatic carbocycles. The first kappa shape index (κ1) is 15.4. The van der Waals surface area contributed by atoms with Crippen molar-refractivity contribution < 1.29 is 35.1 Å². The molecule has 6 nitrogen and oxygen atoms in total. The molecule has 2 aromatic rings. The lowest BCUT2D eigenvalue weighted by Crippen LogP contribution is -2.36. The molecule has 2 rings (SSSR count). The third kappa shape index (κ3) is 4.26. The van der Waals surface area contributed by atoms with Gasteiger partial charge in [-0.25, -0.2) is 9.55 Å². The molecule has 0 fully saturated rings. The molecule has 0 saturated heterocycles. The van der Waals surface area contributed by atoms with E-state index in [1.807, 2.05) is 0 Å². The van der Waals surface area contributed by atoms with Gasteiger partial charge in [0.25, 0.3) is 10.1 Å². The smallest absolute Gasteiger partial charge is 0.436 e. The van der Waals surface area contributed by atoms with Crippen LogP contribution >= 0.6 is 0 Å². The van der Waals surface area contributed by atoms with Crippen LogP contribution < -0.4 is 4.57 Å². The van der Waals surface area contributed by atoms with Crippen molar-refractivity contribution in [2.45, 2.75) is 12.7 Å². The molecular weight excluding hydrogens is 313 g/mol. The van der Waals surface area contributed by atoms with E-state index in [1.165, 1.54) is 29.1 Å². The lowest BCUT2D eigenvalue weighted by Gasteiger charge is -1.99.